The average Bonchev–Trinajstić information content (AvgIpc) is 2.56. The van der Waals surface area contributed by atoms with Crippen molar-refractivity contribution in [3.63, 3.8) is 0 Å². The summed E-state index contributed by atoms with van der Waals surface area (Å²) in [6, 6.07) is 0.163. The van der Waals surface area contributed by atoms with Crippen LogP contribution in [0.15, 0.2) is 0 Å². The molecule has 0 aromatic heterocycles. The third kappa shape index (κ3) is 4.57. The molecule has 1 fully saturated rings. The van der Waals surface area contributed by atoms with E-state index in [4.69, 9.17) is 15.2 Å². The predicted octanol–water partition coefficient (Wildman–Crippen LogP) is 2.87. The van der Waals surface area contributed by atoms with Crippen molar-refractivity contribution in [3.05, 3.63) is 0 Å². The highest BCUT2D eigenvalue weighted by molar-refractivity contribution is 4.92. The second-order valence-electron chi connectivity index (χ2n) is 5.15. The number of nitrogens with two attached hydrogens (primary N) is 1. The van der Waals surface area contributed by atoms with E-state index in [0.717, 1.165) is 38.9 Å². The first kappa shape index (κ1) is 14.9. The Morgan fingerprint density at radius 3 is 2.35 bits per heavy atom. The minimum atomic E-state index is -0.0566. The molecule has 0 aromatic carbocycles. The molecule has 0 spiro atoms. The topological polar surface area (TPSA) is 44.5 Å². The fraction of sp³-hybridized carbons (Fsp3) is 1.00. The van der Waals surface area contributed by atoms with Crippen molar-refractivity contribution >= 4 is 0 Å². The number of rotatable bonds is 7. The Kier molecular flexibility index (Phi) is 7.09. The Labute approximate surface area is 106 Å². The maximum atomic E-state index is 6.40. The van der Waals surface area contributed by atoms with E-state index >= 15 is 0 Å². The summed E-state index contributed by atoms with van der Waals surface area (Å²) in [5.74, 6) is 0. The van der Waals surface area contributed by atoms with Crippen LogP contribution in [0.2, 0.25) is 0 Å². The molecule has 1 saturated carbocycles. The lowest BCUT2D eigenvalue weighted by Gasteiger charge is -2.38. The Morgan fingerprint density at radius 1 is 1.18 bits per heavy atom. The number of hydrogen-bond donors (Lipinski definition) is 1. The molecule has 1 aliphatic rings. The van der Waals surface area contributed by atoms with Gasteiger partial charge in [-0.15, -0.1) is 0 Å². The van der Waals surface area contributed by atoms with E-state index in [9.17, 15) is 0 Å². The van der Waals surface area contributed by atoms with Gasteiger partial charge in [0.1, 0.15) is 0 Å². The van der Waals surface area contributed by atoms with Gasteiger partial charge in [-0.2, -0.15) is 0 Å². The molecule has 1 rings (SSSR count). The molecule has 0 heterocycles. The lowest BCUT2D eigenvalue weighted by Crippen LogP contribution is -2.50. The minimum Gasteiger partial charge on any atom is -0.385 e. The Morgan fingerprint density at radius 2 is 1.82 bits per heavy atom. The molecule has 0 aromatic rings. The van der Waals surface area contributed by atoms with Gasteiger partial charge in [0.05, 0.1) is 5.60 Å². The minimum absolute atomic E-state index is 0.0566. The summed E-state index contributed by atoms with van der Waals surface area (Å²) in [6.45, 7) is 3.66. The molecule has 0 aliphatic heterocycles. The molecule has 1 unspecified atom stereocenters. The van der Waals surface area contributed by atoms with E-state index in [-0.39, 0.29) is 11.6 Å². The summed E-state index contributed by atoms with van der Waals surface area (Å²) in [6.07, 6.45) is 9.50. The van der Waals surface area contributed by atoms with E-state index in [2.05, 4.69) is 6.92 Å². The van der Waals surface area contributed by atoms with Gasteiger partial charge in [0, 0.05) is 26.4 Å². The molecule has 0 radical (unpaired) electrons. The van der Waals surface area contributed by atoms with Crippen LogP contribution in [0.5, 0.6) is 0 Å². The number of methoxy groups -OCH3 is 1. The predicted molar refractivity (Wildman–Crippen MR) is 71.1 cm³/mol. The highest BCUT2D eigenvalue weighted by Crippen LogP contribution is 2.34. The lowest BCUT2D eigenvalue weighted by atomic mass is 9.84. The van der Waals surface area contributed by atoms with Crippen LogP contribution in [-0.2, 0) is 9.47 Å². The highest BCUT2D eigenvalue weighted by atomic mass is 16.5. The Hall–Kier alpha value is -0.120. The highest BCUT2D eigenvalue weighted by Gasteiger charge is 2.37. The third-order valence-corrected chi connectivity index (χ3v) is 3.92. The molecule has 1 aliphatic carbocycles. The first-order valence-electron chi connectivity index (χ1n) is 7.13. The van der Waals surface area contributed by atoms with Crippen molar-refractivity contribution in [1.29, 1.82) is 0 Å². The molecule has 0 bridgehead atoms. The quantitative estimate of drug-likeness (QED) is 0.552. The lowest BCUT2D eigenvalue weighted by molar-refractivity contribution is -0.0710. The largest absolute Gasteiger partial charge is 0.385 e. The van der Waals surface area contributed by atoms with E-state index in [0.29, 0.717) is 0 Å². The molecule has 102 valence electrons. The summed E-state index contributed by atoms with van der Waals surface area (Å²) >= 11 is 0. The van der Waals surface area contributed by atoms with Gasteiger partial charge in [0.25, 0.3) is 0 Å². The first-order valence-corrected chi connectivity index (χ1v) is 7.13. The van der Waals surface area contributed by atoms with E-state index in [1.807, 2.05) is 0 Å². The number of hydrogen-bond acceptors (Lipinski definition) is 3. The Balaban J connectivity index is 2.54. The van der Waals surface area contributed by atoms with Crippen LogP contribution in [-0.4, -0.2) is 32.0 Å². The smallest absolute Gasteiger partial charge is 0.0832 e. The molecule has 2 N–H and O–H groups in total. The molecular formula is C14H29NO2. The average molecular weight is 243 g/mol. The van der Waals surface area contributed by atoms with Crippen LogP contribution in [0.3, 0.4) is 0 Å². The van der Waals surface area contributed by atoms with Gasteiger partial charge >= 0.3 is 0 Å². The molecule has 3 heteroatoms. The molecule has 0 amide bonds. The van der Waals surface area contributed by atoms with Crippen molar-refractivity contribution in [2.75, 3.05) is 20.3 Å². The fourth-order valence-corrected chi connectivity index (χ4v) is 2.95. The van der Waals surface area contributed by atoms with E-state index < -0.39 is 0 Å². The molecule has 1 atom stereocenters. The van der Waals surface area contributed by atoms with Gasteiger partial charge in [-0.25, -0.2) is 0 Å². The second-order valence-corrected chi connectivity index (χ2v) is 5.15. The van der Waals surface area contributed by atoms with Gasteiger partial charge in [-0.3, -0.25) is 0 Å². The summed E-state index contributed by atoms with van der Waals surface area (Å²) in [7, 11) is 1.75. The number of ether oxygens (including phenoxy) is 2. The zero-order chi connectivity index (χ0) is 12.6. The molecule has 17 heavy (non-hydrogen) atoms. The zero-order valence-corrected chi connectivity index (χ0v) is 11.5. The monoisotopic (exact) mass is 243 g/mol. The van der Waals surface area contributed by atoms with Crippen LogP contribution in [0.1, 0.15) is 58.3 Å². The molecular weight excluding hydrogens is 214 g/mol. The van der Waals surface area contributed by atoms with Gasteiger partial charge < -0.3 is 15.2 Å². The van der Waals surface area contributed by atoms with Crippen molar-refractivity contribution in [2.24, 2.45) is 5.73 Å². The van der Waals surface area contributed by atoms with Crippen molar-refractivity contribution in [1.82, 2.24) is 0 Å². The van der Waals surface area contributed by atoms with Gasteiger partial charge in [0.2, 0.25) is 0 Å². The fourth-order valence-electron chi connectivity index (χ4n) is 2.95. The van der Waals surface area contributed by atoms with E-state index in [1.165, 1.54) is 25.7 Å². The summed E-state index contributed by atoms with van der Waals surface area (Å²) < 4.78 is 11.2. The maximum absolute atomic E-state index is 6.40. The molecule has 0 saturated heterocycles. The van der Waals surface area contributed by atoms with Gasteiger partial charge in [-0.1, -0.05) is 25.7 Å². The second kappa shape index (κ2) is 8.06. The van der Waals surface area contributed by atoms with Crippen LogP contribution >= 0.6 is 0 Å². The van der Waals surface area contributed by atoms with Gasteiger partial charge in [-0.05, 0) is 32.6 Å². The van der Waals surface area contributed by atoms with Crippen LogP contribution in [0.4, 0.5) is 0 Å². The van der Waals surface area contributed by atoms with Crippen molar-refractivity contribution in [2.45, 2.75) is 69.9 Å². The Bertz CT molecular complexity index is 189. The third-order valence-electron chi connectivity index (χ3n) is 3.92. The van der Waals surface area contributed by atoms with E-state index in [1.54, 1.807) is 7.11 Å². The normalized spacial score (nSPS) is 22.1. The maximum Gasteiger partial charge on any atom is 0.0832 e. The zero-order valence-electron chi connectivity index (χ0n) is 11.5. The van der Waals surface area contributed by atoms with Crippen LogP contribution < -0.4 is 5.73 Å². The van der Waals surface area contributed by atoms with Crippen molar-refractivity contribution in [3.8, 4) is 0 Å². The standard InChI is InChI=1S/C14H29NO2/c1-3-17-14(10-6-4-5-7-11-14)13(15)9-8-12-16-2/h13H,3-12,15H2,1-2H3. The van der Waals surface area contributed by atoms with Gasteiger partial charge in [0.15, 0.2) is 0 Å². The SMILES string of the molecule is CCOC1(C(N)CCCOC)CCCCCC1. The van der Waals surface area contributed by atoms with Crippen molar-refractivity contribution < 1.29 is 9.47 Å². The van der Waals surface area contributed by atoms with Crippen LogP contribution in [0, 0.1) is 0 Å². The van der Waals surface area contributed by atoms with Crippen LogP contribution in [0.25, 0.3) is 0 Å². The summed E-state index contributed by atoms with van der Waals surface area (Å²) in [4.78, 5) is 0. The first-order chi connectivity index (χ1) is 8.25. The summed E-state index contributed by atoms with van der Waals surface area (Å²) in [5.41, 5.74) is 6.34. The molecule has 3 nitrogen and oxygen atoms in total. The summed E-state index contributed by atoms with van der Waals surface area (Å²) in [5, 5.41) is 0.